The lowest BCUT2D eigenvalue weighted by Gasteiger charge is -2.25. The van der Waals surface area contributed by atoms with E-state index in [0.29, 0.717) is 12.1 Å². The molecule has 1 aliphatic rings. The minimum Gasteiger partial charge on any atom is -0.312 e. The Bertz CT molecular complexity index is 394. The fourth-order valence-corrected chi connectivity index (χ4v) is 2.97. The van der Waals surface area contributed by atoms with Crippen LogP contribution in [0.4, 0.5) is 4.39 Å². The van der Waals surface area contributed by atoms with E-state index in [1.165, 1.54) is 25.5 Å². The van der Waals surface area contributed by atoms with Crippen LogP contribution in [0.3, 0.4) is 0 Å². The number of nitrogens with zero attached hydrogens (tertiary/aromatic N) is 1. The van der Waals surface area contributed by atoms with E-state index in [9.17, 15) is 4.39 Å². The Labute approximate surface area is 116 Å². The molecule has 0 saturated carbocycles. The standard InChI is InChI=1S/C16H25FN2/c1-3-19-9-5-8-16(19)12-18-13(2)10-14-6-4-7-15(17)11-14/h4,6-7,11,13,16,18H,3,5,8-10,12H2,1-2H3. The Hall–Kier alpha value is -0.930. The molecule has 1 N–H and O–H groups in total. The van der Waals surface area contributed by atoms with Crippen molar-refractivity contribution in [2.24, 2.45) is 0 Å². The second-order valence-electron chi connectivity index (χ2n) is 5.57. The van der Waals surface area contributed by atoms with Crippen molar-refractivity contribution in [2.75, 3.05) is 19.6 Å². The Morgan fingerprint density at radius 2 is 2.32 bits per heavy atom. The van der Waals surface area contributed by atoms with Crippen molar-refractivity contribution in [1.29, 1.82) is 0 Å². The van der Waals surface area contributed by atoms with Crippen molar-refractivity contribution in [3.8, 4) is 0 Å². The third kappa shape index (κ3) is 4.29. The molecule has 0 aliphatic carbocycles. The first-order valence-corrected chi connectivity index (χ1v) is 7.41. The average Bonchev–Trinajstić information content (AvgIpc) is 2.83. The topological polar surface area (TPSA) is 15.3 Å². The summed E-state index contributed by atoms with van der Waals surface area (Å²) in [5.74, 6) is -0.141. The molecule has 1 aliphatic heterocycles. The van der Waals surface area contributed by atoms with Crippen LogP contribution in [0.15, 0.2) is 24.3 Å². The highest BCUT2D eigenvalue weighted by atomic mass is 19.1. The van der Waals surface area contributed by atoms with Gasteiger partial charge in [-0.05, 0) is 57.0 Å². The van der Waals surface area contributed by atoms with Gasteiger partial charge in [0.1, 0.15) is 5.82 Å². The van der Waals surface area contributed by atoms with Crippen molar-refractivity contribution in [3.05, 3.63) is 35.6 Å². The predicted molar refractivity (Wildman–Crippen MR) is 77.8 cm³/mol. The predicted octanol–water partition coefficient (Wildman–Crippen LogP) is 2.83. The summed E-state index contributed by atoms with van der Waals surface area (Å²) in [5, 5.41) is 3.59. The van der Waals surface area contributed by atoms with Gasteiger partial charge in [-0.15, -0.1) is 0 Å². The number of likely N-dealkylation sites (tertiary alicyclic amines) is 1. The molecule has 0 aromatic heterocycles. The van der Waals surface area contributed by atoms with Crippen LogP contribution < -0.4 is 5.32 Å². The van der Waals surface area contributed by atoms with E-state index in [2.05, 4.69) is 24.1 Å². The van der Waals surface area contributed by atoms with Gasteiger partial charge in [0.2, 0.25) is 0 Å². The quantitative estimate of drug-likeness (QED) is 0.850. The maximum absolute atomic E-state index is 13.1. The highest BCUT2D eigenvalue weighted by Crippen LogP contribution is 2.16. The number of hydrogen-bond acceptors (Lipinski definition) is 2. The zero-order valence-electron chi connectivity index (χ0n) is 12.0. The number of halogens is 1. The molecule has 1 heterocycles. The first-order valence-electron chi connectivity index (χ1n) is 7.41. The average molecular weight is 264 g/mol. The van der Waals surface area contributed by atoms with E-state index in [-0.39, 0.29) is 5.82 Å². The largest absolute Gasteiger partial charge is 0.312 e. The molecule has 3 heteroatoms. The van der Waals surface area contributed by atoms with Gasteiger partial charge in [0.05, 0.1) is 0 Å². The molecule has 0 spiro atoms. The van der Waals surface area contributed by atoms with Crippen molar-refractivity contribution in [3.63, 3.8) is 0 Å². The lowest BCUT2D eigenvalue weighted by Crippen LogP contribution is -2.41. The van der Waals surface area contributed by atoms with Gasteiger partial charge in [-0.25, -0.2) is 4.39 Å². The van der Waals surface area contributed by atoms with Gasteiger partial charge in [-0.1, -0.05) is 19.1 Å². The summed E-state index contributed by atoms with van der Waals surface area (Å²) in [7, 11) is 0. The molecule has 1 saturated heterocycles. The van der Waals surface area contributed by atoms with Crippen molar-refractivity contribution < 1.29 is 4.39 Å². The molecular formula is C16H25FN2. The van der Waals surface area contributed by atoms with Gasteiger partial charge < -0.3 is 5.32 Å². The minimum absolute atomic E-state index is 0.141. The molecule has 0 radical (unpaired) electrons. The van der Waals surface area contributed by atoms with E-state index in [4.69, 9.17) is 0 Å². The zero-order chi connectivity index (χ0) is 13.7. The molecule has 2 nitrogen and oxygen atoms in total. The normalized spacial score (nSPS) is 21.7. The SMILES string of the molecule is CCN1CCCC1CNC(C)Cc1cccc(F)c1. The summed E-state index contributed by atoms with van der Waals surface area (Å²) in [5.41, 5.74) is 1.07. The van der Waals surface area contributed by atoms with Gasteiger partial charge in [0.25, 0.3) is 0 Å². The third-order valence-corrected chi connectivity index (χ3v) is 4.04. The Balaban J connectivity index is 1.77. The molecule has 2 unspecified atom stereocenters. The summed E-state index contributed by atoms with van der Waals surface area (Å²) < 4.78 is 13.1. The third-order valence-electron chi connectivity index (χ3n) is 4.04. The fraction of sp³-hybridized carbons (Fsp3) is 0.625. The van der Waals surface area contributed by atoms with E-state index in [1.807, 2.05) is 6.07 Å². The summed E-state index contributed by atoms with van der Waals surface area (Å²) in [6.45, 7) is 7.83. The van der Waals surface area contributed by atoms with Gasteiger partial charge >= 0.3 is 0 Å². The highest BCUT2D eigenvalue weighted by molar-refractivity contribution is 5.17. The van der Waals surface area contributed by atoms with Crippen LogP contribution in [0, 0.1) is 5.82 Å². The maximum atomic E-state index is 13.1. The number of nitrogens with one attached hydrogen (secondary N) is 1. The lowest BCUT2D eigenvalue weighted by atomic mass is 10.1. The molecule has 1 fully saturated rings. The van der Waals surface area contributed by atoms with Crippen LogP contribution in [0.1, 0.15) is 32.3 Å². The van der Waals surface area contributed by atoms with Crippen LogP contribution in [0.2, 0.25) is 0 Å². The molecular weight excluding hydrogens is 239 g/mol. The van der Waals surface area contributed by atoms with Gasteiger partial charge in [-0.3, -0.25) is 4.90 Å². The molecule has 1 aromatic rings. The minimum atomic E-state index is -0.141. The van der Waals surface area contributed by atoms with Crippen LogP contribution in [0.5, 0.6) is 0 Å². The zero-order valence-corrected chi connectivity index (χ0v) is 12.0. The first kappa shape index (κ1) is 14.5. The molecule has 106 valence electrons. The van der Waals surface area contributed by atoms with Crippen LogP contribution >= 0.6 is 0 Å². The summed E-state index contributed by atoms with van der Waals surface area (Å²) >= 11 is 0. The van der Waals surface area contributed by atoms with Crippen LogP contribution in [-0.2, 0) is 6.42 Å². The van der Waals surface area contributed by atoms with E-state index in [0.717, 1.165) is 25.1 Å². The molecule has 2 atom stereocenters. The second kappa shape index (κ2) is 7.01. The van der Waals surface area contributed by atoms with Gasteiger partial charge in [0, 0.05) is 18.6 Å². The fourth-order valence-electron chi connectivity index (χ4n) is 2.97. The van der Waals surface area contributed by atoms with Crippen LogP contribution in [0.25, 0.3) is 0 Å². The molecule has 19 heavy (non-hydrogen) atoms. The molecule has 2 rings (SSSR count). The van der Waals surface area contributed by atoms with Crippen molar-refractivity contribution in [1.82, 2.24) is 10.2 Å². The Morgan fingerprint density at radius 3 is 3.05 bits per heavy atom. The van der Waals surface area contributed by atoms with Crippen molar-refractivity contribution >= 4 is 0 Å². The van der Waals surface area contributed by atoms with E-state index in [1.54, 1.807) is 12.1 Å². The number of benzene rings is 1. The monoisotopic (exact) mass is 264 g/mol. The Morgan fingerprint density at radius 1 is 1.47 bits per heavy atom. The van der Waals surface area contributed by atoms with Crippen molar-refractivity contribution in [2.45, 2.75) is 45.2 Å². The highest BCUT2D eigenvalue weighted by Gasteiger charge is 2.22. The molecule has 0 amide bonds. The van der Waals surface area contributed by atoms with Gasteiger partial charge in [0.15, 0.2) is 0 Å². The number of rotatable bonds is 6. The summed E-state index contributed by atoms with van der Waals surface area (Å²) in [6, 6.07) is 7.98. The Kier molecular flexibility index (Phi) is 5.34. The summed E-state index contributed by atoms with van der Waals surface area (Å²) in [6.07, 6.45) is 3.50. The maximum Gasteiger partial charge on any atom is 0.123 e. The van der Waals surface area contributed by atoms with Crippen LogP contribution in [-0.4, -0.2) is 36.6 Å². The second-order valence-corrected chi connectivity index (χ2v) is 5.57. The lowest BCUT2D eigenvalue weighted by molar-refractivity contribution is 0.255. The number of hydrogen-bond donors (Lipinski definition) is 1. The van der Waals surface area contributed by atoms with E-state index < -0.39 is 0 Å². The first-order chi connectivity index (χ1) is 9.19. The molecule has 1 aromatic carbocycles. The summed E-state index contributed by atoms with van der Waals surface area (Å²) in [4.78, 5) is 2.54. The molecule has 0 bridgehead atoms. The van der Waals surface area contributed by atoms with Gasteiger partial charge in [-0.2, -0.15) is 0 Å². The van der Waals surface area contributed by atoms with E-state index >= 15 is 0 Å². The number of likely N-dealkylation sites (N-methyl/N-ethyl adjacent to an activating group) is 1. The smallest absolute Gasteiger partial charge is 0.123 e.